The van der Waals surface area contributed by atoms with E-state index in [1.807, 2.05) is 0 Å². The van der Waals surface area contributed by atoms with Crippen LogP contribution in [0.15, 0.2) is 0 Å². The fourth-order valence-electron chi connectivity index (χ4n) is 1.44. The highest BCUT2D eigenvalue weighted by molar-refractivity contribution is 6.36. The summed E-state index contributed by atoms with van der Waals surface area (Å²) in [6.07, 6.45) is 11.1. The molecule has 1 aliphatic rings. The molecule has 0 aromatic heterocycles. The van der Waals surface area contributed by atoms with Crippen LogP contribution in [0.3, 0.4) is 0 Å². The monoisotopic (exact) mass is 134 g/mol. The minimum Gasteiger partial charge on any atom is -0.0803 e. The summed E-state index contributed by atoms with van der Waals surface area (Å²) in [5.74, 6) is 0. The molecule has 0 nitrogen and oxygen atoms in total. The molecule has 2 heteroatoms. The van der Waals surface area contributed by atoms with Gasteiger partial charge in [0.05, 0.1) is 0 Å². The van der Waals surface area contributed by atoms with Crippen molar-refractivity contribution in [2.45, 2.75) is 51.0 Å². The Balaban J connectivity index is 2.00. The van der Waals surface area contributed by atoms with Crippen LogP contribution in [-0.2, 0) is 0 Å². The van der Waals surface area contributed by atoms with E-state index >= 15 is 0 Å². The number of hydrogen-bond donors (Lipinski definition) is 0. The molecule has 1 saturated heterocycles. The molecule has 0 aliphatic carbocycles. The quantitative estimate of drug-likeness (QED) is 0.446. The Hall–Kier alpha value is 0.130. The molecular formula is C8H16B2. The molecule has 54 valence electrons. The zero-order valence-electron chi connectivity index (χ0n) is 6.81. The van der Waals surface area contributed by atoms with Crippen molar-refractivity contribution in [2.24, 2.45) is 0 Å². The lowest BCUT2D eigenvalue weighted by atomic mass is 9.62. The van der Waals surface area contributed by atoms with Crippen molar-refractivity contribution in [2.75, 3.05) is 0 Å². The molecule has 2 radical (unpaired) electrons. The van der Waals surface area contributed by atoms with Crippen LogP contribution in [0.5, 0.6) is 0 Å². The third kappa shape index (κ3) is 4.03. The van der Waals surface area contributed by atoms with E-state index in [4.69, 9.17) is 0 Å². The van der Waals surface area contributed by atoms with Gasteiger partial charge >= 0.3 is 0 Å². The van der Waals surface area contributed by atoms with E-state index in [1.165, 1.54) is 51.0 Å². The zero-order chi connectivity index (χ0) is 7.07. The van der Waals surface area contributed by atoms with Gasteiger partial charge in [0.15, 0.2) is 0 Å². The molecule has 0 bridgehead atoms. The topological polar surface area (TPSA) is 0 Å². The molecule has 1 rings (SSSR count). The molecular weight excluding hydrogens is 118 g/mol. The lowest BCUT2D eigenvalue weighted by Crippen LogP contribution is -1.96. The summed E-state index contributed by atoms with van der Waals surface area (Å²) >= 11 is 0. The summed E-state index contributed by atoms with van der Waals surface area (Å²) < 4.78 is 0. The fourth-order valence-corrected chi connectivity index (χ4v) is 1.44. The minimum absolute atomic E-state index is 1.36. The van der Waals surface area contributed by atoms with Crippen LogP contribution in [0.25, 0.3) is 0 Å². The van der Waals surface area contributed by atoms with Crippen molar-refractivity contribution in [1.82, 2.24) is 0 Å². The van der Waals surface area contributed by atoms with Crippen molar-refractivity contribution in [1.29, 1.82) is 0 Å². The predicted octanol–water partition coefficient (Wildman–Crippen LogP) is 2.64. The Morgan fingerprint density at radius 3 is 1.10 bits per heavy atom. The molecule has 1 aliphatic heterocycles. The third-order valence-corrected chi connectivity index (χ3v) is 2.13. The van der Waals surface area contributed by atoms with Crippen molar-refractivity contribution >= 4 is 14.6 Å². The minimum atomic E-state index is 1.36. The van der Waals surface area contributed by atoms with E-state index in [1.54, 1.807) is 0 Å². The average Bonchev–Trinajstić information content (AvgIpc) is 2.01. The Bertz CT molecular complexity index is 40.4. The Morgan fingerprint density at radius 1 is 0.500 bits per heavy atom. The summed E-state index contributed by atoms with van der Waals surface area (Å²) in [6.45, 7) is 0. The predicted molar refractivity (Wildman–Crippen MR) is 49.2 cm³/mol. The van der Waals surface area contributed by atoms with Gasteiger partial charge in [-0.1, -0.05) is 51.0 Å². The molecule has 1 heterocycles. The number of hydrogen-bond acceptors (Lipinski definition) is 0. The van der Waals surface area contributed by atoms with Crippen LogP contribution in [0.1, 0.15) is 25.7 Å². The second-order valence-electron chi connectivity index (χ2n) is 3.15. The van der Waals surface area contributed by atoms with Gasteiger partial charge < -0.3 is 0 Å². The molecule has 0 atom stereocenters. The van der Waals surface area contributed by atoms with Crippen molar-refractivity contribution in [3.05, 3.63) is 0 Å². The third-order valence-electron chi connectivity index (χ3n) is 2.13. The second kappa shape index (κ2) is 5.88. The van der Waals surface area contributed by atoms with E-state index in [2.05, 4.69) is 14.6 Å². The van der Waals surface area contributed by atoms with E-state index in [0.717, 1.165) is 0 Å². The Labute approximate surface area is 66.3 Å². The molecule has 10 heavy (non-hydrogen) atoms. The van der Waals surface area contributed by atoms with Crippen LogP contribution in [0.4, 0.5) is 0 Å². The number of rotatable bonds is 0. The van der Waals surface area contributed by atoms with Crippen molar-refractivity contribution in [3.8, 4) is 0 Å². The molecule has 0 amide bonds. The molecule has 1 fully saturated rings. The summed E-state index contributed by atoms with van der Waals surface area (Å²) in [6, 6.07) is 0. The maximum Gasteiger partial charge on any atom is 0.109 e. The summed E-state index contributed by atoms with van der Waals surface area (Å²) in [5, 5.41) is 0. The standard InChI is InChI=1S/C8H16B2/c1-2-6-10-8-4-3-7-9-5-1/h1-8H2. The highest BCUT2D eigenvalue weighted by atomic mass is 13.9. The highest BCUT2D eigenvalue weighted by Crippen LogP contribution is 2.09. The van der Waals surface area contributed by atoms with Gasteiger partial charge in [0.1, 0.15) is 14.6 Å². The van der Waals surface area contributed by atoms with Gasteiger partial charge in [-0.25, -0.2) is 0 Å². The molecule has 0 N–H and O–H groups in total. The van der Waals surface area contributed by atoms with Gasteiger partial charge in [-0.3, -0.25) is 0 Å². The van der Waals surface area contributed by atoms with Crippen LogP contribution < -0.4 is 0 Å². The van der Waals surface area contributed by atoms with Crippen LogP contribution in [0.2, 0.25) is 25.3 Å². The average molecular weight is 134 g/mol. The normalized spacial score (nSPS) is 22.4. The fraction of sp³-hybridized carbons (Fsp3) is 1.00. The summed E-state index contributed by atoms with van der Waals surface area (Å²) in [4.78, 5) is 0. The zero-order valence-corrected chi connectivity index (χ0v) is 6.81. The first-order valence-electron chi connectivity index (χ1n) is 4.63. The largest absolute Gasteiger partial charge is 0.109 e. The first-order valence-corrected chi connectivity index (χ1v) is 4.63. The molecule has 0 saturated carbocycles. The first-order chi connectivity index (χ1) is 5.00. The van der Waals surface area contributed by atoms with Crippen LogP contribution in [-0.4, -0.2) is 14.6 Å². The van der Waals surface area contributed by atoms with Gasteiger partial charge in [-0.2, -0.15) is 0 Å². The lowest BCUT2D eigenvalue weighted by Gasteiger charge is -2.04. The van der Waals surface area contributed by atoms with Gasteiger partial charge in [0, 0.05) is 0 Å². The van der Waals surface area contributed by atoms with E-state index in [-0.39, 0.29) is 0 Å². The molecule has 0 spiro atoms. The van der Waals surface area contributed by atoms with E-state index < -0.39 is 0 Å². The SMILES string of the molecule is [B]1CCCC[B]CCCC1. The second-order valence-corrected chi connectivity index (χ2v) is 3.15. The van der Waals surface area contributed by atoms with Crippen molar-refractivity contribution < 1.29 is 0 Å². The summed E-state index contributed by atoms with van der Waals surface area (Å²) in [5.41, 5.74) is 0. The molecule has 0 aromatic carbocycles. The maximum absolute atomic E-state index is 2.46. The van der Waals surface area contributed by atoms with Gasteiger partial charge in [0.25, 0.3) is 0 Å². The van der Waals surface area contributed by atoms with Gasteiger partial charge in [-0.15, -0.1) is 0 Å². The van der Waals surface area contributed by atoms with E-state index in [0.29, 0.717) is 0 Å². The van der Waals surface area contributed by atoms with Gasteiger partial charge in [-0.05, 0) is 0 Å². The molecule has 0 aromatic rings. The first kappa shape index (κ1) is 8.23. The molecule has 0 unspecified atom stereocenters. The maximum atomic E-state index is 2.46. The van der Waals surface area contributed by atoms with Crippen molar-refractivity contribution in [3.63, 3.8) is 0 Å². The van der Waals surface area contributed by atoms with Crippen LogP contribution >= 0.6 is 0 Å². The Morgan fingerprint density at radius 2 is 0.800 bits per heavy atom. The lowest BCUT2D eigenvalue weighted by molar-refractivity contribution is 0.822. The Kier molecular flexibility index (Phi) is 4.84. The van der Waals surface area contributed by atoms with Crippen LogP contribution in [0, 0.1) is 0 Å². The van der Waals surface area contributed by atoms with E-state index in [9.17, 15) is 0 Å². The smallest absolute Gasteiger partial charge is 0.0803 e. The van der Waals surface area contributed by atoms with Gasteiger partial charge in [0.2, 0.25) is 0 Å². The highest BCUT2D eigenvalue weighted by Gasteiger charge is 1.97. The summed E-state index contributed by atoms with van der Waals surface area (Å²) in [7, 11) is 4.93.